The van der Waals surface area contributed by atoms with Crippen molar-refractivity contribution in [2.75, 3.05) is 13.7 Å². The van der Waals surface area contributed by atoms with Gasteiger partial charge in [0.2, 0.25) is 4.96 Å². The van der Waals surface area contributed by atoms with E-state index in [9.17, 15) is 9.59 Å². The first-order chi connectivity index (χ1) is 16.1. The maximum absolute atomic E-state index is 12.8. The van der Waals surface area contributed by atoms with Crippen molar-refractivity contribution in [3.05, 3.63) is 96.7 Å². The van der Waals surface area contributed by atoms with E-state index in [1.54, 1.807) is 19.3 Å². The molecular weight excluding hydrogens is 438 g/mol. The molecule has 0 radical (unpaired) electrons. The maximum Gasteiger partial charge on any atom is 0.296 e. The fourth-order valence-electron chi connectivity index (χ4n) is 3.23. The van der Waals surface area contributed by atoms with Crippen LogP contribution in [0.15, 0.2) is 64.2 Å². The summed E-state index contributed by atoms with van der Waals surface area (Å²) in [5, 5.41) is 4.30. The van der Waals surface area contributed by atoms with E-state index in [0.717, 1.165) is 40.4 Å². The van der Waals surface area contributed by atoms with Crippen molar-refractivity contribution < 1.29 is 9.47 Å². The Morgan fingerprint density at radius 1 is 1.09 bits per heavy atom. The molecule has 2 aromatic carbocycles. The van der Waals surface area contributed by atoms with E-state index in [1.165, 1.54) is 4.52 Å². The molecular formula is C25H23N3O4S. The fourth-order valence-corrected chi connectivity index (χ4v) is 4.08. The third kappa shape index (κ3) is 5.18. The van der Waals surface area contributed by atoms with Gasteiger partial charge in [0.1, 0.15) is 17.2 Å². The summed E-state index contributed by atoms with van der Waals surface area (Å²) in [6.45, 7) is 2.70. The smallest absolute Gasteiger partial charge is 0.296 e. The number of hydrogen-bond acceptors (Lipinski definition) is 7. The monoisotopic (exact) mass is 461 g/mol. The van der Waals surface area contributed by atoms with Gasteiger partial charge < -0.3 is 9.47 Å². The zero-order valence-corrected chi connectivity index (χ0v) is 19.2. The molecule has 0 unspecified atom stereocenters. The van der Waals surface area contributed by atoms with Gasteiger partial charge >= 0.3 is 0 Å². The molecule has 33 heavy (non-hydrogen) atoms. The average molecular weight is 462 g/mol. The molecule has 4 rings (SSSR count). The van der Waals surface area contributed by atoms with Crippen LogP contribution in [-0.2, 0) is 6.42 Å². The van der Waals surface area contributed by atoms with Crippen molar-refractivity contribution in [3.63, 3.8) is 0 Å². The van der Waals surface area contributed by atoms with Gasteiger partial charge in [-0.15, -0.1) is 0 Å². The Bertz CT molecular complexity index is 1460. The number of thiazole rings is 1. The molecule has 0 saturated heterocycles. The summed E-state index contributed by atoms with van der Waals surface area (Å²) in [6, 6.07) is 15.1. The highest BCUT2D eigenvalue weighted by Gasteiger charge is 2.11. The highest BCUT2D eigenvalue weighted by Crippen LogP contribution is 2.18. The number of methoxy groups -OCH3 is 1. The van der Waals surface area contributed by atoms with Crippen LogP contribution in [-0.4, -0.2) is 28.3 Å². The van der Waals surface area contributed by atoms with Gasteiger partial charge in [0.05, 0.1) is 18.2 Å². The zero-order chi connectivity index (χ0) is 23.2. The summed E-state index contributed by atoms with van der Waals surface area (Å²) < 4.78 is 12.5. The predicted octanol–water partition coefficient (Wildman–Crippen LogP) is 3.11. The van der Waals surface area contributed by atoms with Gasteiger partial charge in [0, 0.05) is 12.0 Å². The Kier molecular flexibility index (Phi) is 6.95. The van der Waals surface area contributed by atoms with Crippen molar-refractivity contribution in [3.8, 4) is 11.5 Å². The molecule has 8 heteroatoms. The van der Waals surface area contributed by atoms with E-state index >= 15 is 0 Å². The van der Waals surface area contributed by atoms with Crippen LogP contribution >= 0.6 is 11.3 Å². The number of hydrogen-bond donors (Lipinski definition) is 0. The SMILES string of the molecule is CCCOc1ccc(Cc2nn3c(=O)c(=CC=Cc4ccccc4OC)sc3nc2=O)cc1. The lowest BCUT2D eigenvalue weighted by molar-refractivity contribution is 0.317. The van der Waals surface area contributed by atoms with Gasteiger partial charge in [-0.05, 0) is 36.3 Å². The largest absolute Gasteiger partial charge is 0.496 e. The number of benzene rings is 2. The molecule has 7 nitrogen and oxygen atoms in total. The standard InChI is InChI=1S/C25H23N3O4S/c1-3-15-32-19-13-11-17(12-14-19)16-20-23(29)26-25-28(27-20)24(30)22(33-25)10-6-8-18-7-4-5-9-21(18)31-2/h4-14H,3,15-16H2,1-2H3. The van der Waals surface area contributed by atoms with E-state index in [1.807, 2.05) is 61.5 Å². The minimum absolute atomic E-state index is 0.223. The number of nitrogens with zero attached hydrogens (tertiary/aromatic N) is 3. The number of ether oxygens (including phenoxy) is 2. The van der Waals surface area contributed by atoms with E-state index in [-0.39, 0.29) is 22.6 Å². The van der Waals surface area contributed by atoms with Crippen molar-refractivity contribution in [1.82, 2.24) is 14.6 Å². The number of fused-ring (bicyclic) bond motifs is 1. The third-order valence-electron chi connectivity index (χ3n) is 4.88. The molecule has 2 heterocycles. The van der Waals surface area contributed by atoms with Gasteiger partial charge in [-0.1, -0.05) is 60.7 Å². The zero-order valence-electron chi connectivity index (χ0n) is 18.4. The van der Waals surface area contributed by atoms with E-state index in [2.05, 4.69) is 10.1 Å². The molecule has 2 aromatic heterocycles. The molecule has 168 valence electrons. The summed E-state index contributed by atoms with van der Waals surface area (Å²) in [5.74, 6) is 1.52. The molecule has 0 aliphatic carbocycles. The van der Waals surface area contributed by atoms with Crippen LogP contribution in [0.2, 0.25) is 0 Å². The molecule has 0 aliphatic heterocycles. The van der Waals surface area contributed by atoms with Crippen LogP contribution in [0.4, 0.5) is 0 Å². The van der Waals surface area contributed by atoms with Crippen LogP contribution in [0.5, 0.6) is 11.5 Å². The topological polar surface area (TPSA) is 82.8 Å². The van der Waals surface area contributed by atoms with E-state index in [0.29, 0.717) is 11.1 Å². The van der Waals surface area contributed by atoms with Crippen LogP contribution in [0.25, 0.3) is 17.1 Å². The molecule has 0 amide bonds. The van der Waals surface area contributed by atoms with Crippen molar-refractivity contribution in [2.45, 2.75) is 19.8 Å². The number of aromatic nitrogens is 3. The van der Waals surface area contributed by atoms with Crippen LogP contribution < -0.4 is 25.1 Å². The minimum atomic E-state index is -0.432. The normalized spacial score (nSPS) is 12.0. The number of rotatable bonds is 8. The highest BCUT2D eigenvalue weighted by atomic mass is 32.1. The summed E-state index contributed by atoms with van der Waals surface area (Å²) in [4.78, 5) is 29.7. The second kappa shape index (κ2) is 10.2. The van der Waals surface area contributed by atoms with Gasteiger partial charge in [0.25, 0.3) is 11.1 Å². The second-order valence-electron chi connectivity index (χ2n) is 7.27. The summed E-state index contributed by atoms with van der Waals surface area (Å²) in [5.41, 5.74) is 1.26. The lowest BCUT2D eigenvalue weighted by Gasteiger charge is -2.05. The Morgan fingerprint density at radius 2 is 1.88 bits per heavy atom. The molecule has 0 bridgehead atoms. The number of para-hydroxylation sites is 1. The molecule has 4 aromatic rings. The van der Waals surface area contributed by atoms with Gasteiger partial charge in [-0.3, -0.25) is 9.59 Å². The van der Waals surface area contributed by atoms with Crippen molar-refractivity contribution >= 4 is 28.4 Å². The molecule has 0 spiro atoms. The van der Waals surface area contributed by atoms with Crippen LogP contribution in [0.3, 0.4) is 0 Å². The quantitative estimate of drug-likeness (QED) is 0.401. The summed E-state index contributed by atoms with van der Waals surface area (Å²) in [7, 11) is 1.61. The first-order valence-electron chi connectivity index (χ1n) is 10.5. The van der Waals surface area contributed by atoms with Gasteiger partial charge in [-0.25, -0.2) is 0 Å². The molecule has 0 N–H and O–H groups in total. The molecule has 0 atom stereocenters. The second-order valence-corrected chi connectivity index (χ2v) is 8.28. The third-order valence-corrected chi connectivity index (χ3v) is 5.86. The summed E-state index contributed by atoms with van der Waals surface area (Å²) in [6.07, 6.45) is 6.53. The molecule has 0 fully saturated rings. The number of allylic oxidation sites excluding steroid dienone is 1. The Balaban J connectivity index is 1.61. The van der Waals surface area contributed by atoms with Gasteiger partial charge in [-0.2, -0.15) is 14.6 Å². The predicted molar refractivity (Wildman–Crippen MR) is 130 cm³/mol. The lowest BCUT2D eigenvalue weighted by Crippen LogP contribution is -2.27. The lowest BCUT2D eigenvalue weighted by atomic mass is 10.1. The van der Waals surface area contributed by atoms with Gasteiger partial charge in [0.15, 0.2) is 0 Å². The average Bonchev–Trinajstić information content (AvgIpc) is 3.13. The Morgan fingerprint density at radius 3 is 2.64 bits per heavy atom. The first kappa shape index (κ1) is 22.4. The maximum atomic E-state index is 12.8. The van der Waals surface area contributed by atoms with Crippen LogP contribution in [0, 0.1) is 0 Å². The Hall–Kier alpha value is -3.78. The van der Waals surface area contributed by atoms with Crippen molar-refractivity contribution in [1.29, 1.82) is 0 Å². The minimum Gasteiger partial charge on any atom is -0.496 e. The highest BCUT2D eigenvalue weighted by molar-refractivity contribution is 7.15. The van der Waals surface area contributed by atoms with E-state index < -0.39 is 5.56 Å². The molecule has 0 saturated carbocycles. The summed E-state index contributed by atoms with van der Waals surface area (Å²) >= 11 is 1.13. The van der Waals surface area contributed by atoms with Crippen molar-refractivity contribution in [2.24, 2.45) is 0 Å². The fraction of sp³-hybridized carbons (Fsp3) is 0.200. The Labute approximate surface area is 194 Å². The first-order valence-corrected chi connectivity index (χ1v) is 11.4. The molecule has 0 aliphatic rings. The van der Waals surface area contributed by atoms with Crippen LogP contribution in [0.1, 0.15) is 30.2 Å². The van der Waals surface area contributed by atoms with E-state index in [4.69, 9.17) is 9.47 Å².